The minimum atomic E-state index is -2.81. The third-order valence-corrected chi connectivity index (χ3v) is 5.70. The largest absolute Gasteiger partial charge is 0.400 e. The predicted molar refractivity (Wildman–Crippen MR) is 111 cm³/mol. The van der Waals surface area contributed by atoms with Crippen LogP contribution in [0, 0.1) is 12.8 Å². The fraction of sp³-hybridized carbons (Fsp3) is 0.455. The summed E-state index contributed by atoms with van der Waals surface area (Å²) in [4.78, 5) is 19.8. The predicted octanol–water partition coefficient (Wildman–Crippen LogP) is 2.94. The summed E-state index contributed by atoms with van der Waals surface area (Å²) in [5.74, 6) is 0.548. The molecule has 0 bridgehead atoms. The Labute approximate surface area is 179 Å². The highest BCUT2D eigenvalue weighted by Crippen LogP contribution is 2.53. The normalized spacial score (nSPS) is 22.4. The van der Waals surface area contributed by atoms with Crippen molar-refractivity contribution in [2.45, 2.75) is 50.5 Å². The zero-order valence-corrected chi connectivity index (χ0v) is 17.5. The molecule has 166 valence electrons. The number of carbonyl (C=O) groups excluding carboxylic acids is 1. The van der Waals surface area contributed by atoms with Gasteiger partial charge in [0, 0.05) is 13.0 Å². The summed E-state index contributed by atoms with van der Waals surface area (Å²) in [7, 11) is 1.00. The Balaban J connectivity index is 0.00000132. The van der Waals surface area contributed by atoms with Crippen molar-refractivity contribution >= 4 is 12.0 Å². The van der Waals surface area contributed by atoms with Crippen molar-refractivity contribution in [2.24, 2.45) is 16.6 Å². The van der Waals surface area contributed by atoms with Gasteiger partial charge in [-0.2, -0.15) is 4.98 Å². The molecule has 2 aliphatic rings. The molecule has 3 N–H and O–H groups in total. The first-order valence-corrected chi connectivity index (χ1v) is 10.1. The van der Waals surface area contributed by atoms with Crippen LogP contribution >= 0.6 is 0 Å². The number of benzene rings is 1. The van der Waals surface area contributed by atoms with Gasteiger partial charge in [0.2, 0.25) is 0 Å². The fourth-order valence-corrected chi connectivity index (χ4v) is 3.79. The van der Waals surface area contributed by atoms with Gasteiger partial charge in [-0.25, -0.2) is 8.78 Å². The Morgan fingerprint density at radius 1 is 1.32 bits per heavy atom. The molecule has 2 fully saturated rings. The number of aliphatic hydroxyl groups excluding tert-OH is 1. The molecule has 0 spiro atoms. The number of aryl methyl sites for hydroxylation is 1. The Morgan fingerprint density at radius 2 is 2.00 bits per heavy atom. The SMILES string of the molecule is CO.Cc1ccccc1C1(c2noc(C(/C=C(\N)C(F)F)=NC3CC(C=O)C3)n2)CC1. The van der Waals surface area contributed by atoms with Gasteiger partial charge in [-0.1, -0.05) is 29.4 Å². The standard InChI is InChI=1S/C21H22F2N4O2.CH4O/c1-12-4-2-3-5-15(12)21(6-7-21)20-26-19(29-27-20)17(10-16(24)18(22)23)25-14-8-13(9-14)11-28;1-2/h2-5,10-11,13-14,18H,6-9,24H2,1H3;2H,1H3/b16-10-,25-17?;. The summed E-state index contributed by atoms with van der Waals surface area (Å²) in [5.41, 5.74) is 6.93. The van der Waals surface area contributed by atoms with Crippen LogP contribution in [0.4, 0.5) is 8.78 Å². The van der Waals surface area contributed by atoms with Crippen LogP contribution in [0.1, 0.15) is 48.5 Å². The van der Waals surface area contributed by atoms with E-state index in [2.05, 4.69) is 21.2 Å². The van der Waals surface area contributed by atoms with Gasteiger partial charge in [-0.05, 0) is 49.8 Å². The smallest absolute Gasteiger partial charge is 0.277 e. The van der Waals surface area contributed by atoms with Gasteiger partial charge in [0.05, 0.1) is 17.2 Å². The maximum absolute atomic E-state index is 13.0. The van der Waals surface area contributed by atoms with Crippen molar-refractivity contribution in [3.63, 3.8) is 0 Å². The number of nitrogens with zero attached hydrogens (tertiary/aromatic N) is 3. The van der Waals surface area contributed by atoms with Gasteiger partial charge in [-0.15, -0.1) is 0 Å². The molecular formula is C22H26F2N4O3. The summed E-state index contributed by atoms with van der Waals surface area (Å²) in [5, 5.41) is 11.1. The second-order valence-electron chi connectivity index (χ2n) is 7.80. The van der Waals surface area contributed by atoms with E-state index in [1.165, 1.54) is 0 Å². The first kappa shape index (κ1) is 22.7. The lowest BCUT2D eigenvalue weighted by Gasteiger charge is -2.28. The number of alkyl halides is 2. The zero-order chi connectivity index (χ0) is 22.6. The lowest BCUT2D eigenvalue weighted by atomic mass is 9.82. The van der Waals surface area contributed by atoms with Crippen molar-refractivity contribution in [2.75, 3.05) is 7.11 Å². The number of aldehydes is 1. The van der Waals surface area contributed by atoms with Crippen LogP contribution in [-0.4, -0.2) is 46.8 Å². The van der Waals surface area contributed by atoms with Crippen molar-refractivity contribution in [1.29, 1.82) is 0 Å². The second kappa shape index (κ2) is 9.47. The van der Waals surface area contributed by atoms with Crippen LogP contribution < -0.4 is 5.73 Å². The summed E-state index contributed by atoms with van der Waals surface area (Å²) in [6.07, 6.45) is 2.09. The van der Waals surface area contributed by atoms with Gasteiger partial charge in [0.25, 0.3) is 12.3 Å². The summed E-state index contributed by atoms with van der Waals surface area (Å²) >= 11 is 0. The van der Waals surface area contributed by atoms with E-state index in [1.54, 1.807) is 0 Å². The van der Waals surface area contributed by atoms with E-state index in [0.29, 0.717) is 18.7 Å². The maximum atomic E-state index is 13.0. The number of aliphatic imine (C=N–C) groups is 1. The Hall–Kier alpha value is -2.94. The molecule has 0 unspecified atom stereocenters. The lowest BCUT2D eigenvalue weighted by Crippen LogP contribution is -2.29. The van der Waals surface area contributed by atoms with E-state index in [4.69, 9.17) is 15.4 Å². The number of carbonyl (C=O) groups is 1. The molecule has 2 aromatic rings. The molecule has 0 atom stereocenters. The van der Waals surface area contributed by atoms with E-state index in [1.807, 2.05) is 25.1 Å². The Kier molecular flexibility index (Phi) is 6.94. The number of nitrogens with two attached hydrogens (primary N) is 1. The van der Waals surface area contributed by atoms with Crippen LogP contribution in [0.5, 0.6) is 0 Å². The minimum Gasteiger partial charge on any atom is -0.400 e. The molecule has 1 heterocycles. The molecule has 31 heavy (non-hydrogen) atoms. The fourth-order valence-electron chi connectivity index (χ4n) is 3.79. The number of rotatable bonds is 7. The van der Waals surface area contributed by atoms with E-state index in [-0.39, 0.29) is 29.0 Å². The minimum absolute atomic E-state index is 0.0459. The quantitative estimate of drug-likeness (QED) is 0.514. The van der Waals surface area contributed by atoms with E-state index >= 15 is 0 Å². The van der Waals surface area contributed by atoms with E-state index in [9.17, 15) is 13.6 Å². The maximum Gasteiger partial charge on any atom is 0.277 e. The lowest BCUT2D eigenvalue weighted by molar-refractivity contribution is -0.113. The highest BCUT2D eigenvalue weighted by atomic mass is 19.3. The topological polar surface area (TPSA) is 115 Å². The van der Waals surface area contributed by atoms with Crippen LogP contribution in [0.25, 0.3) is 0 Å². The van der Waals surface area contributed by atoms with E-state index < -0.39 is 12.1 Å². The number of allylic oxidation sites excluding steroid dienone is 2. The highest BCUT2D eigenvalue weighted by Gasteiger charge is 2.50. The molecule has 1 aromatic carbocycles. The molecule has 0 radical (unpaired) electrons. The van der Waals surface area contributed by atoms with Gasteiger partial charge in [0.15, 0.2) is 5.82 Å². The average molecular weight is 432 g/mol. The molecule has 9 heteroatoms. The van der Waals surface area contributed by atoms with Crippen LogP contribution in [-0.2, 0) is 10.2 Å². The number of aliphatic hydroxyl groups is 1. The van der Waals surface area contributed by atoms with Crippen molar-refractivity contribution < 1.29 is 23.2 Å². The molecule has 4 rings (SSSR count). The third-order valence-electron chi connectivity index (χ3n) is 5.70. The van der Waals surface area contributed by atoms with Crippen molar-refractivity contribution in [3.05, 3.63) is 58.9 Å². The van der Waals surface area contributed by atoms with Crippen molar-refractivity contribution in [1.82, 2.24) is 10.1 Å². The zero-order valence-electron chi connectivity index (χ0n) is 17.5. The highest BCUT2D eigenvalue weighted by molar-refractivity contribution is 6.06. The van der Waals surface area contributed by atoms with Gasteiger partial charge >= 0.3 is 0 Å². The molecule has 0 amide bonds. The molecular weight excluding hydrogens is 406 g/mol. The molecule has 0 saturated heterocycles. The summed E-state index contributed by atoms with van der Waals surface area (Å²) in [6, 6.07) is 7.89. The first-order chi connectivity index (χ1) is 14.9. The number of halogens is 2. The monoisotopic (exact) mass is 432 g/mol. The molecule has 1 aromatic heterocycles. The summed E-state index contributed by atoms with van der Waals surface area (Å²) < 4.78 is 31.3. The molecule has 2 saturated carbocycles. The Morgan fingerprint density at radius 3 is 2.58 bits per heavy atom. The molecule has 0 aliphatic heterocycles. The van der Waals surface area contributed by atoms with Gasteiger partial charge < -0.3 is 20.2 Å². The Bertz CT molecular complexity index is 977. The summed E-state index contributed by atoms with van der Waals surface area (Å²) in [6.45, 7) is 2.04. The van der Waals surface area contributed by atoms with Gasteiger partial charge in [0.1, 0.15) is 12.0 Å². The number of hydrogen-bond acceptors (Lipinski definition) is 7. The van der Waals surface area contributed by atoms with Crippen molar-refractivity contribution in [3.8, 4) is 0 Å². The molecule has 7 nitrogen and oxygen atoms in total. The van der Waals surface area contributed by atoms with Crippen LogP contribution in [0.3, 0.4) is 0 Å². The first-order valence-electron chi connectivity index (χ1n) is 10.1. The second-order valence-corrected chi connectivity index (χ2v) is 7.80. The van der Waals surface area contributed by atoms with Gasteiger partial charge in [-0.3, -0.25) is 4.99 Å². The average Bonchev–Trinajstić information content (AvgIpc) is 3.39. The third kappa shape index (κ3) is 4.71. The molecule has 2 aliphatic carbocycles. The number of hydrogen-bond donors (Lipinski definition) is 2. The van der Waals surface area contributed by atoms with E-state index in [0.717, 1.165) is 43.4 Å². The van der Waals surface area contributed by atoms with Crippen LogP contribution in [0.2, 0.25) is 0 Å². The van der Waals surface area contributed by atoms with Crippen LogP contribution in [0.15, 0.2) is 45.6 Å². The number of aromatic nitrogens is 2.